The monoisotopic (exact) mass is 589 g/mol. The molecule has 2 aromatic heterocycles. The quantitative estimate of drug-likeness (QED) is 0.193. The average Bonchev–Trinajstić information content (AvgIpc) is 3.49. The maximum atomic E-state index is 12.9. The van der Waals surface area contributed by atoms with Crippen LogP contribution in [0.2, 0.25) is 25.7 Å². The van der Waals surface area contributed by atoms with Gasteiger partial charge in [0.05, 0.1) is 32.5 Å². The van der Waals surface area contributed by atoms with E-state index in [0.29, 0.717) is 23.1 Å². The number of ether oxygens (including phenoxy) is 3. The number of nitrogens with zero attached hydrogens (tertiary/aromatic N) is 2. The molecule has 1 aromatic carbocycles. The van der Waals surface area contributed by atoms with Crippen LogP contribution in [-0.4, -0.2) is 42.2 Å². The van der Waals surface area contributed by atoms with Crippen LogP contribution in [0.25, 0.3) is 22.2 Å². The van der Waals surface area contributed by atoms with Crippen molar-refractivity contribution in [2.45, 2.75) is 58.0 Å². The molecule has 0 spiro atoms. The maximum Gasteiger partial charge on any atom is 0.387 e. The molecular weight excluding hydrogens is 563 g/mol. The van der Waals surface area contributed by atoms with E-state index in [9.17, 15) is 13.6 Å². The minimum absolute atomic E-state index is 0.00199. The Balaban J connectivity index is 1.76. The molecule has 11 heteroatoms. The molecule has 178 valence electrons. The predicted octanol–water partition coefficient (Wildman–Crippen LogP) is 5.45. The molecule has 0 saturated heterocycles. The average molecular weight is 589 g/mol. The highest BCUT2D eigenvalue weighted by Gasteiger charge is 2.27. The summed E-state index contributed by atoms with van der Waals surface area (Å²) in [6.07, 6.45) is 3.35. The lowest BCUT2D eigenvalue weighted by atomic mass is 10.1. The molecule has 4 rings (SSSR count). The second-order valence-electron chi connectivity index (χ2n) is 9.26. The van der Waals surface area contributed by atoms with E-state index in [1.54, 1.807) is 18.3 Å². The molecule has 2 heterocycles. The molecule has 1 fully saturated rings. The van der Waals surface area contributed by atoms with E-state index in [2.05, 4.69) is 57.2 Å². The zero-order valence-electron chi connectivity index (χ0n) is 18.7. The number of halogens is 3. The van der Waals surface area contributed by atoms with Crippen molar-refractivity contribution in [2.24, 2.45) is 0 Å². The summed E-state index contributed by atoms with van der Waals surface area (Å²) in [6.45, 7) is 4.74. The number of fused-ring (bicyclic) bond motifs is 1. The molecule has 0 aliphatic heterocycles. The van der Waals surface area contributed by atoms with Gasteiger partial charge in [-0.15, -0.1) is 0 Å². The second-order valence-corrected chi connectivity index (χ2v) is 16.0. The van der Waals surface area contributed by atoms with Crippen molar-refractivity contribution >= 4 is 41.6 Å². The summed E-state index contributed by atoms with van der Waals surface area (Å²) < 4.78 is 44.9. The Morgan fingerprint density at radius 3 is 2.70 bits per heavy atom. The van der Waals surface area contributed by atoms with Gasteiger partial charge in [-0.1, -0.05) is 19.6 Å². The number of rotatable bonds is 10. The van der Waals surface area contributed by atoms with Gasteiger partial charge in [0.25, 0.3) is 5.56 Å². The Hall–Kier alpha value is -1.99. The second kappa shape index (κ2) is 9.70. The lowest BCUT2D eigenvalue weighted by Gasteiger charge is -2.18. The number of aromatic nitrogens is 3. The van der Waals surface area contributed by atoms with Crippen molar-refractivity contribution in [1.82, 2.24) is 14.8 Å². The van der Waals surface area contributed by atoms with Gasteiger partial charge in [0.2, 0.25) is 0 Å². The van der Waals surface area contributed by atoms with Gasteiger partial charge < -0.3 is 18.8 Å². The summed E-state index contributed by atoms with van der Waals surface area (Å²) in [5.41, 5.74) is 1.79. The van der Waals surface area contributed by atoms with E-state index in [-0.39, 0.29) is 29.9 Å². The smallest absolute Gasteiger partial charge is 0.387 e. The molecule has 3 aromatic rings. The lowest BCUT2D eigenvalue weighted by molar-refractivity contribution is -0.0516. The summed E-state index contributed by atoms with van der Waals surface area (Å²) in [5, 5.41) is 6.95. The van der Waals surface area contributed by atoms with E-state index < -0.39 is 14.7 Å². The number of nitrogens with one attached hydrogen (secondary N) is 1. The molecule has 33 heavy (non-hydrogen) atoms. The highest BCUT2D eigenvalue weighted by Crippen LogP contribution is 2.40. The van der Waals surface area contributed by atoms with Crippen LogP contribution in [0.5, 0.6) is 11.5 Å². The minimum atomic E-state index is -2.95. The topological polar surface area (TPSA) is 78.4 Å². The zero-order valence-corrected chi connectivity index (χ0v) is 21.8. The van der Waals surface area contributed by atoms with Crippen molar-refractivity contribution in [3.63, 3.8) is 0 Å². The molecule has 1 aliphatic carbocycles. The fraction of sp³-hybridized carbons (Fsp3) is 0.455. The number of hydrogen-bond acceptors (Lipinski definition) is 5. The van der Waals surface area contributed by atoms with Gasteiger partial charge in [0.1, 0.15) is 6.73 Å². The SMILES string of the molecule is C[Si](C)(C)CCOCn1c(-c2ccc(OC(F)F)c(OC3CC3)c2)c(I)c2c(=O)[nH]ncc21. The normalized spacial score (nSPS) is 14.3. The first-order chi connectivity index (χ1) is 15.6. The van der Waals surface area contributed by atoms with Crippen LogP contribution in [0.1, 0.15) is 12.8 Å². The van der Waals surface area contributed by atoms with Gasteiger partial charge in [-0.3, -0.25) is 4.79 Å². The molecule has 0 amide bonds. The van der Waals surface area contributed by atoms with Gasteiger partial charge in [-0.05, 0) is 59.7 Å². The van der Waals surface area contributed by atoms with Crippen LogP contribution in [0.15, 0.2) is 29.2 Å². The largest absolute Gasteiger partial charge is 0.487 e. The van der Waals surface area contributed by atoms with Crippen molar-refractivity contribution in [3.05, 3.63) is 38.3 Å². The van der Waals surface area contributed by atoms with Crippen LogP contribution in [0.4, 0.5) is 8.78 Å². The van der Waals surface area contributed by atoms with Crippen molar-refractivity contribution in [3.8, 4) is 22.8 Å². The summed E-state index contributed by atoms with van der Waals surface area (Å²) in [5.74, 6) is 0.249. The molecule has 0 radical (unpaired) electrons. The molecule has 0 atom stereocenters. The van der Waals surface area contributed by atoms with Crippen LogP contribution in [0, 0.1) is 3.57 Å². The standard InChI is InChI=1S/C22H26F2IN3O4Si/c1-33(2,3)9-8-30-12-28-15-11-26-27-21(29)18(15)19(25)20(28)13-4-7-16(32-22(23)24)17(10-13)31-14-5-6-14/h4,7,10-11,14,22H,5-6,8-9,12H2,1-3H3,(H,27,29). The van der Waals surface area contributed by atoms with E-state index in [0.717, 1.165) is 28.1 Å². The van der Waals surface area contributed by atoms with Gasteiger partial charge in [0.15, 0.2) is 11.5 Å². The first-order valence-corrected chi connectivity index (χ1v) is 15.5. The fourth-order valence-corrected chi connectivity index (χ4v) is 5.30. The van der Waals surface area contributed by atoms with Gasteiger partial charge in [0, 0.05) is 20.2 Å². The Morgan fingerprint density at radius 2 is 2.03 bits per heavy atom. The van der Waals surface area contributed by atoms with E-state index in [1.807, 2.05) is 4.57 Å². The number of benzene rings is 1. The molecular formula is C22H26F2IN3O4Si. The zero-order chi connectivity index (χ0) is 23.8. The summed E-state index contributed by atoms with van der Waals surface area (Å²) >= 11 is 2.13. The number of alkyl halides is 2. The van der Waals surface area contributed by atoms with Gasteiger partial charge >= 0.3 is 6.61 Å². The fourth-order valence-electron chi connectivity index (χ4n) is 3.42. The van der Waals surface area contributed by atoms with Gasteiger partial charge in [-0.25, -0.2) is 5.10 Å². The Morgan fingerprint density at radius 1 is 1.27 bits per heavy atom. The number of aromatic amines is 1. The van der Waals surface area contributed by atoms with Crippen LogP contribution in [-0.2, 0) is 11.5 Å². The van der Waals surface area contributed by atoms with Crippen molar-refractivity contribution in [2.75, 3.05) is 6.61 Å². The minimum Gasteiger partial charge on any atom is -0.487 e. The predicted molar refractivity (Wildman–Crippen MR) is 133 cm³/mol. The number of hydrogen-bond donors (Lipinski definition) is 1. The summed E-state index contributed by atoms with van der Waals surface area (Å²) in [7, 11) is -1.26. The molecule has 1 aliphatic rings. The van der Waals surface area contributed by atoms with Crippen LogP contribution >= 0.6 is 22.6 Å². The lowest BCUT2D eigenvalue weighted by Crippen LogP contribution is -2.22. The molecule has 1 N–H and O–H groups in total. The number of H-pyrrole nitrogens is 1. The van der Waals surface area contributed by atoms with E-state index in [1.165, 1.54) is 6.07 Å². The third-order valence-corrected chi connectivity index (χ3v) is 8.05. The molecule has 1 saturated carbocycles. The van der Waals surface area contributed by atoms with Crippen molar-refractivity contribution < 1.29 is 23.0 Å². The molecule has 0 bridgehead atoms. The third-order valence-electron chi connectivity index (χ3n) is 5.29. The highest BCUT2D eigenvalue weighted by molar-refractivity contribution is 14.1. The maximum absolute atomic E-state index is 12.9. The Kier molecular flexibility index (Phi) is 7.10. The van der Waals surface area contributed by atoms with E-state index in [4.69, 9.17) is 9.47 Å². The molecule has 0 unspecified atom stereocenters. The Labute approximate surface area is 204 Å². The van der Waals surface area contributed by atoms with Crippen LogP contribution in [0.3, 0.4) is 0 Å². The van der Waals surface area contributed by atoms with Crippen LogP contribution < -0.4 is 15.0 Å². The summed E-state index contributed by atoms with van der Waals surface area (Å²) in [4.78, 5) is 12.6. The first-order valence-electron chi connectivity index (χ1n) is 10.7. The first kappa shape index (κ1) is 24.1. The van der Waals surface area contributed by atoms with Gasteiger partial charge in [-0.2, -0.15) is 13.9 Å². The summed E-state index contributed by atoms with van der Waals surface area (Å²) in [6, 6.07) is 5.86. The highest BCUT2D eigenvalue weighted by atomic mass is 127. The Bertz CT molecular complexity index is 1200. The van der Waals surface area contributed by atoms with Crippen molar-refractivity contribution in [1.29, 1.82) is 0 Å². The van der Waals surface area contributed by atoms with E-state index >= 15 is 0 Å². The molecule has 7 nitrogen and oxygen atoms in total. The third kappa shape index (κ3) is 5.75.